The van der Waals surface area contributed by atoms with E-state index in [1.54, 1.807) is 0 Å². The number of nitrogens with zero attached hydrogens (tertiary/aromatic N) is 1. The van der Waals surface area contributed by atoms with Crippen LogP contribution in [-0.4, -0.2) is 0 Å². The van der Waals surface area contributed by atoms with Gasteiger partial charge in [0.15, 0.2) is 6.20 Å². The van der Waals surface area contributed by atoms with Crippen molar-refractivity contribution in [2.45, 2.75) is 20.8 Å². The van der Waals surface area contributed by atoms with Crippen molar-refractivity contribution in [1.29, 1.82) is 0 Å². The number of fused-ring (bicyclic) bond motifs is 1. The fraction of sp³-hybridized carbons (Fsp3) is 0.308. The van der Waals surface area contributed by atoms with Gasteiger partial charge in [0.25, 0.3) is 0 Å². The fourth-order valence-electron chi connectivity index (χ4n) is 2.12. The Morgan fingerprint density at radius 1 is 1.00 bits per heavy atom. The average Bonchev–Trinajstić information content (AvgIpc) is 2.10. The van der Waals surface area contributed by atoms with Gasteiger partial charge in [0.05, 0.1) is 5.39 Å². The first kappa shape index (κ1) is 9.20. The summed E-state index contributed by atoms with van der Waals surface area (Å²) in [5.74, 6) is 0. The lowest BCUT2D eigenvalue weighted by molar-refractivity contribution is -0.644. The highest BCUT2D eigenvalue weighted by atomic mass is 14.9. The van der Waals surface area contributed by atoms with Gasteiger partial charge < -0.3 is 0 Å². The van der Waals surface area contributed by atoms with Crippen LogP contribution in [0.25, 0.3) is 10.9 Å². The van der Waals surface area contributed by atoms with E-state index >= 15 is 0 Å². The molecule has 1 aromatic heterocycles. The Balaban J connectivity index is 3.00. The van der Waals surface area contributed by atoms with Crippen molar-refractivity contribution in [1.82, 2.24) is 0 Å². The Hall–Kier alpha value is -1.37. The molecule has 0 atom stereocenters. The molecule has 2 aromatic rings. The minimum absolute atomic E-state index is 1.32. The van der Waals surface area contributed by atoms with Gasteiger partial charge in [-0.3, -0.25) is 0 Å². The third kappa shape index (κ3) is 1.29. The predicted molar refractivity (Wildman–Crippen MR) is 59.3 cm³/mol. The van der Waals surface area contributed by atoms with Crippen LogP contribution in [0.1, 0.15) is 16.7 Å². The summed E-state index contributed by atoms with van der Waals surface area (Å²) in [4.78, 5) is 0. The van der Waals surface area contributed by atoms with E-state index in [9.17, 15) is 0 Å². The van der Waals surface area contributed by atoms with Gasteiger partial charge in [-0.2, -0.15) is 0 Å². The fourth-order valence-corrected chi connectivity index (χ4v) is 2.12. The zero-order valence-electron chi connectivity index (χ0n) is 9.26. The van der Waals surface area contributed by atoms with Crippen LogP contribution in [0.2, 0.25) is 0 Å². The van der Waals surface area contributed by atoms with E-state index in [-0.39, 0.29) is 0 Å². The summed E-state index contributed by atoms with van der Waals surface area (Å²) in [6.07, 6.45) is 2.12. The number of hydrogen-bond donors (Lipinski definition) is 0. The molecule has 1 nitrogen and oxygen atoms in total. The molecule has 2 rings (SSSR count). The van der Waals surface area contributed by atoms with Crippen molar-refractivity contribution in [3.8, 4) is 0 Å². The van der Waals surface area contributed by atoms with Crippen LogP contribution in [0, 0.1) is 20.8 Å². The van der Waals surface area contributed by atoms with Crippen molar-refractivity contribution in [2.24, 2.45) is 7.05 Å². The van der Waals surface area contributed by atoms with Crippen LogP contribution in [0.5, 0.6) is 0 Å². The molecule has 0 saturated heterocycles. The van der Waals surface area contributed by atoms with E-state index in [2.05, 4.69) is 56.8 Å². The van der Waals surface area contributed by atoms with Crippen molar-refractivity contribution in [3.05, 3.63) is 41.1 Å². The van der Waals surface area contributed by atoms with Gasteiger partial charge in [-0.05, 0) is 37.5 Å². The zero-order chi connectivity index (χ0) is 10.3. The van der Waals surface area contributed by atoms with Gasteiger partial charge in [0, 0.05) is 12.1 Å². The Bertz CT molecular complexity index is 498. The van der Waals surface area contributed by atoms with Crippen molar-refractivity contribution >= 4 is 10.9 Å². The molecule has 0 aliphatic rings. The van der Waals surface area contributed by atoms with Crippen LogP contribution in [0.4, 0.5) is 0 Å². The Labute approximate surface area is 85.0 Å². The highest BCUT2D eigenvalue weighted by Crippen LogP contribution is 2.20. The van der Waals surface area contributed by atoms with Gasteiger partial charge in [-0.25, -0.2) is 4.57 Å². The second kappa shape index (κ2) is 3.09. The third-order valence-corrected chi connectivity index (χ3v) is 2.78. The van der Waals surface area contributed by atoms with Crippen LogP contribution >= 0.6 is 0 Å². The molecule has 0 radical (unpaired) electrons. The summed E-state index contributed by atoms with van der Waals surface area (Å²) in [6, 6.07) is 6.66. The summed E-state index contributed by atoms with van der Waals surface area (Å²) in [5.41, 5.74) is 5.38. The molecule has 0 saturated carbocycles. The molecule has 1 heterocycles. The third-order valence-electron chi connectivity index (χ3n) is 2.78. The lowest BCUT2D eigenvalue weighted by atomic mass is 10.0. The molecule has 0 spiro atoms. The molecule has 0 unspecified atom stereocenters. The maximum absolute atomic E-state index is 2.25. The minimum atomic E-state index is 1.32. The average molecular weight is 186 g/mol. The van der Waals surface area contributed by atoms with E-state index in [0.29, 0.717) is 0 Å². The van der Waals surface area contributed by atoms with Crippen LogP contribution in [0.3, 0.4) is 0 Å². The molecule has 1 heteroatoms. The Morgan fingerprint density at radius 3 is 2.43 bits per heavy atom. The first-order valence-electron chi connectivity index (χ1n) is 4.96. The summed E-state index contributed by atoms with van der Waals surface area (Å²) < 4.78 is 2.18. The van der Waals surface area contributed by atoms with Gasteiger partial charge in [0.2, 0.25) is 5.52 Å². The largest absolute Gasteiger partial charge is 0.213 e. The Kier molecular flexibility index (Phi) is 2.03. The van der Waals surface area contributed by atoms with Gasteiger partial charge in [-0.15, -0.1) is 0 Å². The van der Waals surface area contributed by atoms with Gasteiger partial charge >= 0.3 is 0 Å². The number of benzene rings is 1. The topological polar surface area (TPSA) is 3.88 Å². The van der Waals surface area contributed by atoms with E-state index in [1.807, 2.05) is 0 Å². The van der Waals surface area contributed by atoms with Crippen LogP contribution in [-0.2, 0) is 7.05 Å². The summed E-state index contributed by atoms with van der Waals surface area (Å²) in [7, 11) is 2.10. The van der Waals surface area contributed by atoms with E-state index < -0.39 is 0 Å². The second-order valence-electron chi connectivity index (χ2n) is 4.09. The summed E-state index contributed by atoms with van der Waals surface area (Å²) in [6.45, 7) is 6.50. The lowest BCUT2D eigenvalue weighted by Crippen LogP contribution is -2.28. The molecule has 1 aromatic carbocycles. The number of aryl methyl sites for hydroxylation is 4. The monoisotopic (exact) mass is 186 g/mol. The molecular weight excluding hydrogens is 170 g/mol. The SMILES string of the molecule is Cc1cc(C)c2c(C)cc[n+](C)c2c1. The highest BCUT2D eigenvalue weighted by Gasteiger charge is 2.09. The van der Waals surface area contributed by atoms with Crippen LogP contribution in [0.15, 0.2) is 24.4 Å². The molecule has 14 heavy (non-hydrogen) atoms. The standard InChI is InChI=1S/C13H16N/c1-9-7-11(3)13-10(2)5-6-14(4)12(13)8-9/h5-8H,1-4H3/q+1. The van der Waals surface area contributed by atoms with Gasteiger partial charge in [-0.1, -0.05) is 6.07 Å². The lowest BCUT2D eigenvalue weighted by Gasteiger charge is -2.05. The van der Waals surface area contributed by atoms with E-state index in [4.69, 9.17) is 0 Å². The molecule has 72 valence electrons. The maximum atomic E-state index is 2.25. The number of aromatic nitrogens is 1. The van der Waals surface area contributed by atoms with E-state index in [0.717, 1.165) is 0 Å². The van der Waals surface area contributed by atoms with Crippen molar-refractivity contribution in [2.75, 3.05) is 0 Å². The Morgan fingerprint density at radius 2 is 1.71 bits per heavy atom. The maximum Gasteiger partial charge on any atom is 0.213 e. The molecule has 0 fully saturated rings. The van der Waals surface area contributed by atoms with E-state index in [1.165, 1.54) is 27.6 Å². The van der Waals surface area contributed by atoms with Crippen molar-refractivity contribution < 1.29 is 4.57 Å². The number of hydrogen-bond acceptors (Lipinski definition) is 0. The molecule has 0 aliphatic heterocycles. The second-order valence-corrected chi connectivity index (χ2v) is 4.09. The van der Waals surface area contributed by atoms with Crippen LogP contribution < -0.4 is 4.57 Å². The first-order chi connectivity index (χ1) is 6.59. The normalized spacial score (nSPS) is 10.9. The highest BCUT2D eigenvalue weighted by molar-refractivity contribution is 5.83. The minimum Gasteiger partial charge on any atom is -0.201 e. The summed E-state index contributed by atoms with van der Waals surface area (Å²) >= 11 is 0. The summed E-state index contributed by atoms with van der Waals surface area (Å²) in [5, 5.41) is 1.39. The predicted octanol–water partition coefficient (Wildman–Crippen LogP) is 2.59. The first-order valence-corrected chi connectivity index (χ1v) is 4.96. The zero-order valence-corrected chi connectivity index (χ0v) is 9.26. The molecule has 0 bridgehead atoms. The number of pyridine rings is 1. The molecule has 0 N–H and O–H groups in total. The smallest absolute Gasteiger partial charge is 0.201 e. The quantitative estimate of drug-likeness (QED) is 0.557. The molecular formula is C13H16N+. The van der Waals surface area contributed by atoms with Crippen molar-refractivity contribution in [3.63, 3.8) is 0 Å². The molecule has 0 aliphatic carbocycles. The number of rotatable bonds is 0. The van der Waals surface area contributed by atoms with Gasteiger partial charge in [0.1, 0.15) is 7.05 Å². The molecule has 0 amide bonds.